The normalized spacial score (nSPS) is 10.6. The summed E-state index contributed by atoms with van der Waals surface area (Å²) in [5.41, 5.74) is 5.91. The van der Waals surface area contributed by atoms with Gasteiger partial charge in [0.2, 0.25) is 0 Å². The number of nitrogens with zero attached hydrogens (tertiary/aromatic N) is 2. The Hall–Kier alpha value is -3.86. The highest BCUT2D eigenvalue weighted by Crippen LogP contribution is 2.26. The molecule has 150 valence electrons. The van der Waals surface area contributed by atoms with E-state index in [1.807, 2.05) is 86.6 Å². The van der Waals surface area contributed by atoms with Crippen molar-refractivity contribution in [1.29, 1.82) is 0 Å². The van der Waals surface area contributed by atoms with Gasteiger partial charge in [-0.3, -0.25) is 4.79 Å². The van der Waals surface area contributed by atoms with E-state index >= 15 is 0 Å². The molecular formula is C25H23N3O2. The number of hydrogen-bond acceptors (Lipinski definition) is 3. The average molecular weight is 397 g/mol. The lowest BCUT2D eigenvalue weighted by molar-refractivity contribution is 0.101. The fourth-order valence-electron chi connectivity index (χ4n) is 3.25. The number of aryl methyl sites for hydroxylation is 2. The number of para-hydroxylation sites is 1. The van der Waals surface area contributed by atoms with Crippen molar-refractivity contribution in [2.24, 2.45) is 0 Å². The van der Waals surface area contributed by atoms with Crippen molar-refractivity contribution in [3.63, 3.8) is 0 Å². The fourth-order valence-corrected chi connectivity index (χ4v) is 3.25. The molecule has 0 aliphatic heterocycles. The molecule has 4 rings (SSSR count). The lowest BCUT2D eigenvalue weighted by Gasteiger charge is -2.09. The first kappa shape index (κ1) is 19.5. The molecule has 3 aromatic carbocycles. The summed E-state index contributed by atoms with van der Waals surface area (Å²) < 4.78 is 7.00. The van der Waals surface area contributed by atoms with Gasteiger partial charge in [-0.2, -0.15) is 5.10 Å². The third-order valence-electron chi connectivity index (χ3n) is 5.07. The first-order valence-corrected chi connectivity index (χ1v) is 9.73. The summed E-state index contributed by atoms with van der Waals surface area (Å²) in [6.07, 6.45) is 0. The van der Waals surface area contributed by atoms with Crippen molar-refractivity contribution in [2.75, 3.05) is 12.4 Å². The minimum atomic E-state index is -0.219. The fraction of sp³-hybridized carbons (Fsp3) is 0.120. The van der Waals surface area contributed by atoms with Crippen molar-refractivity contribution in [2.45, 2.75) is 13.8 Å². The van der Waals surface area contributed by atoms with Gasteiger partial charge in [0.05, 0.1) is 18.5 Å². The maximum Gasteiger partial charge on any atom is 0.274 e. The van der Waals surface area contributed by atoms with Crippen molar-refractivity contribution in [3.8, 4) is 22.7 Å². The first-order chi connectivity index (χ1) is 14.5. The second-order valence-corrected chi connectivity index (χ2v) is 7.15. The predicted molar refractivity (Wildman–Crippen MR) is 119 cm³/mol. The number of methoxy groups -OCH3 is 1. The van der Waals surface area contributed by atoms with E-state index in [0.29, 0.717) is 11.4 Å². The summed E-state index contributed by atoms with van der Waals surface area (Å²) in [5, 5.41) is 7.72. The molecule has 0 aliphatic carbocycles. The summed E-state index contributed by atoms with van der Waals surface area (Å²) in [6, 6.07) is 25.0. The van der Waals surface area contributed by atoms with Gasteiger partial charge in [0.25, 0.3) is 5.91 Å². The third-order valence-corrected chi connectivity index (χ3v) is 5.07. The second kappa shape index (κ2) is 8.25. The molecule has 5 nitrogen and oxygen atoms in total. The summed E-state index contributed by atoms with van der Waals surface area (Å²) in [7, 11) is 1.63. The van der Waals surface area contributed by atoms with Crippen LogP contribution in [0, 0.1) is 13.8 Å². The van der Waals surface area contributed by atoms with Crippen LogP contribution in [0.15, 0.2) is 78.9 Å². The molecule has 1 N–H and O–H groups in total. The van der Waals surface area contributed by atoms with Crippen LogP contribution in [0.1, 0.15) is 21.6 Å². The van der Waals surface area contributed by atoms with E-state index in [9.17, 15) is 4.79 Å². The van der Waals surface area contributed by atoms with Crippen molar-refractivity contribution >= 4 is 11.6 Å². The number of carbonyl (C=O) groups excluding carboxylic acids is 1. The molecule has 0 spiro atoms. The van der Waals surface area contributed by atoms with Crippen LogP contribution in [0.3, 0.4) is 0 Å². The predicted octanol–water partition coefficient (Wildman–Crippen LogP) is 5.42. The van der Waals surface area contributed by atoms with E-state index in [4.69, 9.17) is 9.84 Å². The Morgan fingerprint density at radius 1 is 0.900 bits per heavy atom. The van der Waals surface area contributed by atoms with Gasteiger partial charge in [-0.05, 0) is 67.4 Å². The zero-order valence-electron chi connectivity index (χ0n) is 17.2. The number of anilines is 1. The average Bonchev–Trinajstić information content (AvgIpc) is 3.23. The molecule has 0 atom stereocenters. The van der Waals surface area contributed by atoms with Gasteiger partial charge in [0, 0.05) is 11.3 Å². The van der Waals surface area contributed by atoms with Gasteiger partial charge in [0.15, 0.2) is 0 Å². The van der Waals surface area contributed by atoms with Crippen molar-refractivity contribution in [3.05, 3.63) is 95.7 Å². The van der Waals surface area contributed by atoms with Gasteiger partial charge in [0.1, 0.15) is 11.4 Å². The largest absolute Gasteiger partial charge is 0.497 e. The molecule has 0 aliphatic rings. The van der Waals surface area contributed by atoms with Gasteiger partial charge < -0.3 is 10.1 Å². The Balaban J connectivity index is 1.75. The Bertz CT molecular complexity index is 1200. The molecule has 0 bridgehead atoms. The Kier molecular flexibility index (Phi) is 5.35. The molecule has 1 amide bonds. The molecule has 0 saturated heterocycles. The standard InChI is InChI=1S/C25H23N3O2/c1-17-12-13-20(14-18(17)2)26-25(29)24-16-23(19-8-7-11-22(15-19)30-3)27-28(24)21-9-5-4-6-10-21/h4-16H,1-3H3,(H,26,29). The van der Waals surface area contributed by atoms with Crippen LogP contribution in [0.5, 0.6) is 5.75 Å². The van der Waals surface area contributed by atoms with Gasteiger partial charge in [-0.15, -0.1) is 0 Å². The minimum absolute atomic E-state index is 0.219. The summed E-state index contributed by atoms with van der Waals surface area (Å²) in [6.45, 7) is 4.08. The molecule has 0 saturated carbocycles. The number of rotatable bonds is 5. The number of ether oxygens (including phenoxy) is 1. The van der Waals surface area contributed by atoms with Crippen LogP contribution in [-0.4, -0.2) is 22.8 Å². The lowest BCUT2D eigenvalue weighted by atomic mass is 10.1. The number of benzene rings is 3. The van der Waals surface area contributed by atoms with E-state index in [2.05, 4.69) is 5.32 Å². The van der Waals surface area contributed by atoms with E-state index in [0.717, 1.165) is 28.3 Å². The number of hydrogen-bond donors (Lipinski definition) is 1. The van der Waals surface area contributed by atoms with E-state index in [1.54, 1.807) is 17.9 Å². The molecule has 5 heteroatoms. The number of aromatic nitrogens is 2. The van der Waals surface area contributed by atoms with Crippen LogP contribution < -0.4 is 10.1 Å². The van der Waals surface area contributed by atoms with Gasteiger partial charge >= 0.3 is 0 Å². The van der Waals surface area contributed by atoms with Crippen LogP contribution in [0.25, 0.3) is 16.9 Å². The summed E-state index contributed by atoms with van der Waals surface area (Å²) in [5.74, 6) is 0.520. The molecule has 0 fully saturated rings. The first-order valence-electron chi connectivity index (χ1n) is 9.73. The Morgan fingerprint density at radius 3 is 2.43 bits per heavy atom. The zero-order valence-corrected chi connectivity index (χ0v) is 17.2. The SMILES string of the molecule is COc1cccc(-c2cc(C(=O)Nc3ccc(C)c(C)c3)n(-c3ccccc3)n2)c1. The van der Waals surface area contributed by atoms with Gasteiger partial charge in [-0.1, -0.05) is 36.4 Å². The smallest absolute Gasteiger partial charge is 0.274 e. The van der Waals surface area contributed by atoms with E-state index < -0.39 is 0 Å². The Labute approximate surface area is 175 Å². The van der Waals surface area contributed by atoms with Crippen LogP contribution in [0.2, 0.25) is 0 Å². The second-order valence-electron chi connectivity index (χ2n) is 7.15. The monoisotopic (exact) mass is 397 g/mol. The number of amides is 1. The molecule has 1 heterocycles. The molecule has 30 heavy (non-hydrogen) atoms. The van der Waals surface area contributed by atoms with Crippen molar-refractivity contribution < 1.29 is 9.53 Å². The topological polar surface area (TPSA) is 56.1 Å². The molecule has 4 aromatic rings. The maximum absolute atomic E-state index is 13.2. The van der Waals surface area contributed by atoms with E-state index in [1.165, 1.54) is 5.56 Å². The van der Waals surface area contributed by atoms with E-state index in [-0.39, 0.29) is 5.91 Å². The quantitative estimate of drug-likeness (QED) is 0.489. The lowest BCUT2D eigenvalue weighted by Crippen LogP contribution is -2.17. The highest BCUT2D eigenvalue weighted by atomic mass is 16.5. The maximum atomic E-state index is 13.2. The number of carbonyl (C=O) groups is 1. The number of nitrogens with one attached hydrogen (secondary N) is 1. The summed E-state index contributed by atoms with van der Waals surface area (Å²) in [4.78, 5) is 13.2. The van der Waals surface area contributed by atoms with Crippen LogP contribution >= 0.6 is 0 Å². The van der Waals surface area contributed by atoms with Crippen molar-refractivity contribution in [1.82, 2.24) is 9.78 Å². The third kappa shape index (κ3) is 3.96. The molecular weight excluding hydrogens is 374 g/mol. The van der Waals surface area contributed by atoms with Crippen LogP contribution in [0.4, 0.5) is 5.69 Å². The zero-order chi connectivity index (χ0) is 21.1. The van der Waals surface area contributed by atoms with Crippen LogP contribution in [-0.2, 0) is 0 Å². The molecule has 1 aromatic heterocycles. The highest BCUT2D eigenvalue weighted by Gasteiger charge is 2.18. The van der Waals surface area contributed by atoms with Gasteiger partial charge in [-0.25, -0.2) is 4.68 Å². The molecule has 0 radical (unpaired) electrons. The minimum Gasteiger partial charge on any atom is -0.497 e. The molecule has 0 unspecified atom stereocenters. The summed E-state index contributed by atoms with van der Waals surface area (Å²) >= 11 is 0. The Morgan fingerprint density at radius 2 is 1.70 bits per heavy atom. The highest BCUT2D eigenvalue weighted by molar-refractivity contribution is 6.04.